The van der Waals surface area contributed by atoms with E-state index < -0.39 is 17.6 Å². The zero-order chi connectivity index (χ0) is 23.6. The lowest BCUT2D eigenvalue weighted by atomic mass is 9.95. The number of piperazine rings is 1. The quantitative estimate of drug-likeness (QED) is 0.674. The molecule has 180 valence electrons. The fraction of sp³-hybridized carbons (Fsp3) is 0.609. The molecule has 1 aromatic rings. The van der Waals surface area contributed by atoms with Gasteiger partial charge in [-0.2, -0.15) is 13.2 Å². The first kappa shape index (κ1) is 23.4. The van der Waals surface area contributed by atoms with Crippen LogP contribution in [0.3, 0.4) is 0 Å². The Hall–Kier alpha value is -2.78. The molecular formula is C23H29F3N4O3. The first-order valence-electron chi connectivity index (χ1n) is 11.5. The Labute approximate surface area is 191 Å². The highest BCUT2D eigenvalue weighted by atomic mass is 19.4. The molecule has 4 rings (SSSR count). The maximum atomic E-state index is 13.0. The van der Waals surface area contributed by atoms with E-state index in [1.165, 1.54) is 17.0 Å². The van der Waals surface area contributed by atoms with Gasteiger partial charge in [-0.1, -0.05) is 6.07 Å². The number of halogens is 3. The highest BCUT2D eigenvalue weighted by Crippen LogP contribution is 2.30. The fourth-order valence-corrected chi connectivity index (χ4v) is 4.83. The van der Waals surface area contributed by atoms with Crippen LogP contribution in [0.25, 0.3) is 0 Å². The lowest BCUT2D eigenvalue weighted by Gasteiger charge is -2.39. The van der Waals surface area contributed by atoms with Gasteiger partial charge in [0.1, 0.15) is 0 Å². The molecule has 0 aliphatic carbocycles. The van der Waals surface area contributed by atoms with E-state index in [4.69, 9.17) is 0 Å². The molecule has 33 heavy (non-hydrogen) atoms. The average Bonchev–Trinajstić information content (AvgIpc) is 3.37. The maximum absolute atomic E-state index is 13.0. The van der Waals surface area contributed by atoms with Crippen molar-refractivity contribution in [3.63, 3.8) is 0 Å². The number of alkyl halides is 3. The second kappa shape index (κ2) is 9.61. The molecular weight excluding hydrogens is 437 g/mol. The fourth-order valence-electron chi connectivity index (χ4n) is 4.83. The normalized spacial score (nSPS) is 20.3. The van der Waals surface area contributed by atoms with Crippen molar-refractivity contribution in [1.29, 1.82) is 0 Å². The van der Waals surface area contributed by atoms with Crippen molar-refractivity contribution in [1.82, 2.24) is 19.6 Å². The minimum absolute atomic E-state index is 0.000331. The highest BCUT2D eigenvalue weighted by molar-refractivity contribution is 5.94. The van der Waals surface area contributed by atoms with Crippen molar-refractivity contribution in [3.05, 3.63) is 35.4 Å². The Morgan fingerprint density at radius 3 is 1.94 bits per heavy atom. The van der Waals surface area contributed by atoms with Crippen LogP contribution in [0.15, 0.2) is 24.3 Å². The van der Waals surface area contributed by atoms with E-state index in [1.54, 1.807) is 4.90 Å². The summed E-state index contributed by atoms with van der Waals surface area (Å²) in [4.78, 5) is 45.1. The molecule has 1 aromatic carbocycles. The van der Waals surface area contributed by atoms with Crippen LogP contribution in [0.2, 0.25) is 0 Å². The van der Waals surface area contributed by atoms with E-state index in [0.29, 0.717) is 39.0 Å². The van der Waals surface area contributed by atoms with Gasteiger partial charge in [-0.3, -0.25) is 9.59 Å². The van der Waals surface area contributed by atoms with Gasteiger partial charge in [0, 0.05) is 63.8 Å². The molecule has 0 radical (unpaired) electrons. The topological polar surface area (TPSA) is 64.2 Å². The first-order valence-corrected chi connectivity index (χ1v) is 11.5. The summed E-state index contributed by atoms with van der Waals surface area (Å²) in [5.74, 6) is -0.560. The summed E-state index contributed by atoms with van der Waals surface area (Å²) >= 11 is 0. The summed E-state index contributed by atoms with van der Waals surface area (Å²) in [7, 11) is 0. The van der Waals surface area contributed by atoms with Gasteiger partial charge >= 0.3 is 12.2 Å². The summed E-state index contributed by atoms with van der Waals surface area (Å²) in [5, 5.41) is 0. The van der Waals surface area contributed by atoms with Crippen LogP contribution in [-0.4, -0.2) is 89.8 Å². The molecule has 0 bridgehead atoms. The van der Waals surface area contributed by atoms with Crippen LogP contribution in [0.5, 0.6) is 0 Å². The molecule has 10 heteroatoms. The second-order valence-electron chi connectivity index (χ2n) is 8.93. The summed E-state index contributed by atoms with van der Waals surface area (Å²) in [5.41, 5.74) is -0.851. The molecule has 3 aliphatic rings. The number of urea groups is 1. The Morgan fingerprint density at radius 1 is 0.758 bits per heavy atom. The summed E-state index contributed by atoms with van der Waals surface area (Å²) in [6, 6.07) is 4.50. The molecule has 7 nitrogen and oxygen atoms in total. The molecule has 3 aliphatic heterocycles. The zero-order valence-corrected chi connectivity index (χ0v) is 18.5. The molecule has 3 fully saturated rings. The number of hydrogen-bond donors (Lipinski definition) is 0. The number of benzene rings is 1. The standard InChI is InChI=1S/C23H29F3N4O3/c24-23(25,26)19-5-3-4-18(16-19)21(32)28-14-12-27(13-15-28)20(31)17-6-10-30(11-7-17)22(33)29-8-1-2-9-29/h3-5,16-17H,1-2,6-15H2. The molecule has 0 saturated carbocycles. The monoisotopic (exact) mass is 466 g/mol. The van der Waals surface area contributed by atoms with Crippen LogP contribution < -0.4 is 0 Å². The van der Waals surface area contributed by atoms with Crippen LogP contribution in [0, 0.1) is 5.92 Å². The van der Waals surface area contributed by atoms with Crippen LogP contribution in [0.1, 0.15) is 41.6 Å². The molecule has 0 aromatic heterocycles. The Kier molecular flexibility index (Phi) is 6.81. The highest BCUT2D eigenvalue weighted by Gasteiger charge is 2.35. The van der Waals surface area contributed by atoms with Crippen LogP contribution in [0.4, 0.5) is 18.0 Å². The van der Waals surface area contributed by atoms with E-state index in [2.05, 4.69) is 0 Å². The van der Waals surface area contributed by atoms with Crippen molar-refractivity contribution in [2.75, 3.05) is 52.4 Å². The summed E-state index contributed by atoms with van der Waals surface area (Å²) in [6.45, 7) is 4.04. The first-order chi connectivity index (χ1) is 15.7. The number of piperidine rings is 1. The second-order valence-corrected chi connectivity index (χ2v) is 8.93. The minimum atomic E-state index is -4.50. The lowest BCUT2D eigenvalue weighted by Crippen LogP contribution is -2.53. The number of hydrogen-bond acceptors (Lipinski definition) is 3. The maximum Gasteiger partial charge on any atom is 0.416 e. The number of carbonyl (C=O) groups is 3. The van der Waals surface area contributed by atoms with Gasteiger partial charge in [-0.15, -0.1) is 0 Å². The predicted molar refractivity (Wildman–Crippen MR) is 114 cm³/mol. The van der Waals surface area contributed by atoms with Crippen molar-refractivity contribution in [2.45, 2.75) is 31.9 Å². The Balaban J connectivity index is 1.26. The number of carbonyl (C=O) groups excluding carboxylic acids is 3. The Bertz CT molecular complexity index is 885. The largest absolute Gasteiger partial charge is 0.416 e. The Morgan fingerprint density at radius 2 is 1.33 bits per heavy atom. The minimum Gasteiger partial charge on any atom is -0.339 e. The molecule has 3 heterocycles. The van der Waals surface area contributed by atoms with Gasteiger partial charge in [-0.05, 0) is 43.9 Å². The van der Waals surface area contributed by atoms with E-state index in [0.717, 1.165) is 38.1 Å². The SMILES string of the molecule is O=C(c1cccc(C(F)(F)F)c1)N1CCN(C(=O)C2CCN(C(=O)N3CCCC3)CC2)CC1. The van der Waals surface area contributed by atoms with Gasteiger partial charge < -0.3 is 19.6 Å². The van der Waals surface area contributed by atoms with Gasteiger partial charge in [0.25, 0.3) is 5.91 Å². The van der Waals surface area contributed by atoms with Crippen LogP contribution >= 0.6 is 0 Å². The molecule has 0 unspecified atom stereocenters. The molecule has 3 saturated heterocycles. The van der Waals surface area contributed by atoms with E-state index in [9.17, 15) is 27.6 Å². The van der Waals surface area contributed by atoms with E-state index >= 15 is 0 Å². The van der Waals surface area contributed by atoms with Crippen molar-refractivity contribution in [2.24, 2.45) is 5.92 Å². The summed E-state index contributed by atoms with van der Waals surface area (Å²) in [6.07, 6.45) is -1.16. The number of rotatable bonds is 2. The number of nitrogens with zero attached hydrogens (tertiary/aromatic N) is 4. The zero-order valence-electron chi connectivity index (χ0n) is 18.5. The molecule has 0 atom stereocenters. The smallest absolute Gasteiger partial charge is 0.339 e. The van der Waals surface area contributed by atoms with Gasteiger partial charge in [0.15, 0.2) is 0 Å². The van der Waals surface area contributed by atoms with Crippen molar-refractivity contribution in [3.8, 4) is 0 Å². The third kappa shape index (κ3) is 5.25. The third-order valence-electron chi connectivity index (χ3n) is 6.81. The predicted octanol–water partition coefficient (Wildman–Crippen LogP) is 2.92. The molecule has 0 spiro atoms. The average molecular weight is 467 g/mol. The van der Waals surface area contributed by atoms with E-state index in [-0.39, 0.29) is 36.5 Å². The molecule has 0 N–H and O–H groups in total. The number of likely N-dealkylation sites (tertiary alicyclic amines) is 2. The summed E-state index contributed by atoms with van der Waals surface area (Å²) < 4.78 is 38.8. The van der Waals surface area contributed by atoms with Gasteiger partial charge in [-0.25, -0.2) is 4.79 Å². The lowest BCUT2D eigenvalue weighted by molar-refractivity contribution is -0.139. The number of amides is 4. The molecule has 4 amide bonds. The van der Waals surface area contributed by atoms with Gasteiger partial charge in [0.2, 0.25) is 5.91 Å². The van der Waals surface area contributed by atoms with Crippen LogP contribution in [-0.2, 0) is 11.0 Å². The van der Waals surface area contributed by atoms with E-state index in [1.807, 2.05) is 9.80 Å². The third-order valence-corrected chi connectivity index (χ3v) is 6.81. The van der Waals surface area contributed by atoms with Crippen molar-refractivity contribution < 1.29 is 27.6 Å². The van der Waals surface area contributed by atoms with Crippen molar-refractivity contribution >= 4 is 17.8 Å². The van der Waals surface area contributed by atoms with Gasteiger partial charge in [0.05, 0.1) is 5.56 Å².